The van der Waals surface area contributed by atoms with Crippen molar-refractivity contribution in [1.29, 1.82) is 0 Å². The monoisotopic (exact) mass is 280 g/mol. The number of aromatic nitrogens is 2. The van der Waals surface area contributed by atoms with Gasteiger partial charge in [0.05, 0.1) is 11.1 Å². The van der Waals surface area contributed by atoms with Crippen LogP contribution in [0.2, 0.25) is 0 Å². The molecule has 7 heteroatoms. The van der Waals surface area contributed by atoms with Crippen LogP contribution in [0.5, 0.6) is 0 Å². The molecule has 18 heavy (non-hydrogen) atoms. The Morgan fingerprint density at radius 3 is 3.06 bits per heavy atom. The second-order valence-electron chi connectivity index (χ2n) is 4.05. The van der Waals surface area contributed by atoms with Crippen LogP contribution in [0, 0.1) is 0 Å². The van der Waals surface area contributed by atoms with Gasteiger partial charge in [-0.25, -0.2) is 9.97 Å². The Balaban J connectivity index is 1.72. The summed E-state index contributed by atoms with van der Waals surface area (Å²) in [5.41, 5.74) is 5.85. The smallest absolute Gasteiger partial charge is 0.233 e. The van der Waals surface area contributed by atoms with Crippen molar-refractivity contribution in [1.82, 2.24) is 14.9 Å². The van der Waals surface area contributed by atoms with Gasteiger partial charge < -0.3 is 10.6 Å². The number of carbonyl (C=O) groups excluding carboxylic acids is 1. The molecule has 2 N–H and O–H groups in total. The highest BCUT2D eigenvalue weighted by Crippen LogP contribution is 2.26. The number of nitrogens with zero attached hydrogens (tertiary/aromatic N) is 3. The van der Waals surface area contributed by atoms with Gasteiger partial charge in [-0.1, -0.05) is 11.8 Å². The van der Waals surface area contributed by atoms with Crippen molar-refractivity contribution in [3.05, 3.63) is 11.4 Å². The number of likely N-dealkylation sites (tertiary alicyclic amines) is 1. The highest BCUT2D eigenvalue weighted by molar-refractivity contribution is 7.99. The number of thiophene rings is 1. The van der Waals surface area contributed by atoms with Crippen LogP contribution in [0.4, 0.5) is 5.82 Å². The zero-order chi connectivity index (χ0) is 12.5. The summed E-state index contributed by atoms with van der Waals surface area (Å²) >= 11 is 2.88. The van der Waals surface area contributed by atoms with Crippen LogP contribution >= 0.6 is 23.1 Å². The topological polar surface area (TPSA) is 72.1 Å². The van der Waals surface area contributed by atoms with Crippen LogP contribution < -0.4 is 5.73 Å². The lowest BCUT2D eigenvalue weighted by molar-refractivity contribution is -0.131. The predicted octanol–water partition coefficient (Wildman–Crippen LogP) is 1.60. The number of hydrogen-bond donors (Lipinski definition) is 1. The minimum atomic E-state index is 0.152. The van der Waals surface area contributed by atoms with Gasteiger partial charge in [0.2, 0.25) is 5.91 Å². The van der Waals surface area contributed by atoms with Gasteiger partial charge in [-0.2, -0.15) is 0 Å². The Morgan fingerprint density at radius 2 is 2.33 bits per heavy atom. The van der Waals surface area contributed by atoms with Gasteiger partial charge in [-0.3, -0.25) is 4.79 Å². The molecule has 94 valence electrons. The van der Waals surface area contributed by atoms with E-state index in [1.54, 1.807) is 0 Å². The summed E-state index contributed by atoms with van der Waals surface area (Å²) in [4.78, 5) is 23.0. The summed E-state index contributed by atoms with van der Waals surface area (Å²) in [5, 5.41) is 3.41. The van der Waals surface area contributed by atoms with Crippen molar-refractivity contribution in [2.75, 3.05) is 24.6 Å². The molecule has 0 atom stereocenters. The number of anilines is 1. The van der Waals surface area contributed by atoms with E-state index in [0.717, 1.165) is 29.7 Å². The van der Waals surface area contributed by atoms with Crippen molar-refractivity contribution >= 4 is 45.0 Å². The zero-order valence-electron chi connectivity index (χ0n) is 9.63. The van der Waals surface area contributed by atoms with Crippen molar-refractivity contribution in [3.63, 3.8) is 0 Å². The number of hydrogen-bond acceptors (Lipinski definition) is 6. The van der Waals surface area contributed by atoms with Crippen LogP contribution in [0.3, 0.4) is 0 Å². The van der Waals surface area contributed by atoms with Crippen molar-refractivity contribution < 1.29 is 4.79 Å². The maximum absolute atomic E-state index is 11.7. The summed E-state index contributed by atoms with van der Waals surface area (Å²) in [5.74, 6) is 1.02. The van der Waals surface area contributed by atoms with Gasteiger partial charge in [-0.05, 0) is 17.9 Å². The Morgan fingerprint density at radius 1 is 1.50 bits per heavy atom. The fourth-order valence-electron chi connectivity index (χ4n) is 1.71. The molecule has 0 spiro atoms. The molecule has 1 amide bonds. The molecule has 3 heterocycles. The summed E-state index contributed by atoms with van der Waals surface area (Å²) in [7, 11) is 0. The van der Waals surface area contributed by atoms with E-state index in [2.05, 4.69) is 9.97 Å². The summed E-state index contributed by atoms with van der Waals surface area (Å²) < 4.78 is 0. The third-order valence-corrected chi connectivity index (χ3v) is 4.51. The Labute approximate surface area is 112 Å². The predicted molar refractivity (Wildman–Crippen MR) is 73.7 cm³/mol. The number of nitrogens with two attached hydrogens (primary N) is 1. The molecule has 1 aliphatic heterocycles. The molecule has 2 aromatic heterocycles. The first-order chi connectivity index (χ1) is 8.74. The van der Waals surface area contributed by atoms with E-state index in [1.165, 1.54) is 23.1 Å². The highest BCUT2D eigenvalue weighted by atomic mass is 32.2. The minimum absolute atomic E-state index is 0.152. The van der Waals surface area contributed by atoms with Crippen LogP contribution in [-0.2, 0) is 4.79 Å². The molecule has 1 aliphatic rings. The largest absolute Gasteiger partial charge is 0.383 e. The molecular weight excluding hydrogens is 268 g/mol. The average Bonchev–Trinajstić information content (AvgIpc) is 2.72. The Bertz CT molecular complexity index is 594. The van der Waals surface area contributed by atoms with E-state index in [4.69, 9.17) is 5.73 Å². The van der Waals surface area contributed by atoms with E-state index >= 15 is 0 Å². The molecular formula is C11H12N4OS2. The lowest BCUT2D eigenvalue weighted by Gasteiger charge is -2.30. The third-order valence-electron chi connectivity index (χ3n) is 2.87. The van der Waals surface area contributed by atoms with Crippen LogP contribution in [0.25, 0.3) is 10.2 Å². The molecule has 1 saturated heterocycles. The number of fused-ring (bicyclic) bond motifs is 1. The lowest BCUT2D eigenvalue weighted by atomic mass is 10.2. The van der Waals surface area contributed by atoms with Crippen LogP contribution in [0.15, 0.2) is 16.6 Å². The number of carbonyl (C=O) groups is 1. The van der Waals surface area contributed by atoms with Gasteiger partial charge in [-0.15, -0.1) is 11.3 Å². The first-order valence-electron chi connectivity index (χ1n) is 5.65. The number of thioether (sulfide) groups is 1. The van der Waals surface area contributed by atoms with E-state index in [-0.39, 0.29) is 5.91 Å². The maximum Gasteiger partial charge on any atom is 0.233 e. The van der Waals surface area contributed by atoms with Gasteiger partial charge in [0.25, 0.3) is 0 Å². The van der Waals surface area contributed by atoms with E-state index in [0.29, 0.717) is 16.7 Å². The van der Waals surface area contributed by atoms with Gasteiger partial charge >= 0.3 is 0 Å². The quantitative estimate of drug-likeness (QED) is 0.683. The third kappa shape index (κ3) is 2.15. The normalized spacial score (nSPS) is 14.8. The first kappa shape index (κ1) is 11.7. The SMILES string of the molecule is Nc1nc(SCC(=O)N2CCC2)nc2sccc12. The molecule has 0 bridgehead atoms. The summed E-state index contributed by atoms with van der Waals surface area (Å²) in [6.07, 6.45) is 1.11. The molecule has 1 fully saturated rings. The highest BCUT2D eigenvalue weighted by Gasteiger charge is 2.20. The number of rotatable bonds is 3. The number of nitrogen functional groups attached to an aromatic ring is 1. The second-order valence-corrected chi connectivity index (χ2v) is 5.89. The second kappa shape index (κ2) is 4.74. The van der Waals surface area contributed by atoms with Gasteiger partial charge in [0.15, 0.2) is 5.16 Å². The molecule has 2 aromatic rings. The van der Waals surface area contributed by atoms with Crippen molar-refractivity contribution in [3.8, 4) is 0 Å². The number of amides is 1. The molecule has 0 saturated carbocycles. The first-order valence-corrected chi connectivity index (χ1v) is 7.52. The minimum Gasteiger partial charge on any atom is -0.383 e. The molecule has 5 nitrogen and oxygen atoms in total. The zero-order valence-corrected chi connectivity index (χ0v) is 11.3. The summed E-state index contributed by atoms with van der Waals surface area (Å²) in [6.45, 7) is 1.76. The Kier molecular flexibility index (Phi) is 3.09. The van der Waals surface area contributed by atoms with Gasteiger partial charge in [0, 0.05) is 13.1 Å². The van der Waals surface area contributed by atoms with E-state index in [1.807, 2.05) is 16.3 Å². The van der Waals surface area contributed by atoms with Crippen LogP contribution in [-0.4, -0.2) is 39.6 Å². The lowest BCUT2D eigenvalue weighted by Crippen LogP contribution is -2.43. The molecule has 0 aliphatic carbocycles. The van der Waals surface area contributed by atoms with Gasteiger partial charge in [0.1, 0.15) is 10.6 Å². The summed E-state index contributed by atoms with van der Waals surface area (Å²) in [6, 6.07) is 1.91. The molecule has 0 radical (unpaired) electrons. The molecule has 0 unspecified atom stereocenters. The van der Waals surface area contributed by atoms with Crippen molar-refractivity contribution in [2.45, 2.75) is 11.6 Å². The Hall–Kier alpha value is -1.34. The standard InChI is InChI=1S/C11H12N4OS2/c12-9-7-2-5-17-10(7)14-11(13-9)18-6-8(16)15-3-1-4-15/h2,5H,1,3-4,6H2,(H2,12,13,14). The fraction of sp³-hybridized carbons (Fsp3) is 0.364. The fourth-order valence-corrected chi connectivity index (χ4v) is 3.29. The molecule has 3 rings (SSSR count). The van der Waals surface area contributed by atoms with Crippen molar-refractivity contribution in [2.24, 2.45) is 0 Å². The van der Waals surface area contributed by atoms with Crippen LogP contribution in [0.1, 0.15) is 6.42 Å². The van der Waals surface area contributed by atoms with E-state index in [9.17, 15) is 4.79 Å². The molecule has 0 aromatic carbocycles. The maximum atomic E-state index is 11.7. The average molecular weight is 280 g/mol. The van der Waals surface area contributed by atoms with E-state index < -0.39 is 0 Å².